The summed E-state index contributed by atoms with van der Waals surface area (Å²) in [6, 6.07) is -0.548. The van der Waals surface area contributed by atoms with Crippen molar-refractivity contribution in [3.05, 3.63) is 0 Å². The van der Waals surface area contributed by atoms with Crippen LogP contribution in [0.5, 0.6) is 0 Å². The maximum Gasteiger partial charge on any atom is 0.234 e. The van der Waals surface area contributed by atoms with Crippen molar-refractivity contribution in [2.75, 3.05) is 20.1 Å². The molecule has 0 aliphatic rings. The minimum atomic E-state index is -0.548. The largest absolute Gasteiger partial charge is 0.368 e. The number of nitrogens with two attached hydrogens (primary N) is 2. The highest BCUT2D eigenvalue weighted by atomic mass is 16.1. The zero-order valence-electron chi connectivity index (χ0n) is 9.42. The van der Waals surface area contributed by atoms with Gasteiger partial charge in [-0.25, -0.2) is 0 Å². The summed E-state index contributed by atoms with van der Waals surface area (Å²) >= 11 is 0. The van der Waals surface area contributed by atoms with Crippen molar-refractivity contribution >= 4 is 11.9 Å². The van der Waals surface area contributed by atoms with Crippen LogP contribution in [-0.4, -0.2) is 38.0 Å². The van der Waals surface area contributed by atoms with Crippen LogP contribution in [0.3, 0.4) is 0 Å². The maximum atomic E-state index is 10.6. The third kappa shape index (κ3) is 6.73. The topological polar surface area (TPSA) is 106 Å². The van der Waals surface area contributed by atoms with Crippen LogP contribution in [0.25, 0.3) is 0 Å². The molecule has 6 N–H and O–H groups in total. The number of carbonyl (C=O) groups is 1. The van der Waals surface area contributed by atoms with Gasteiger partial charge in [-0.3, -0.25) is 9.79 Å². The zero-order chi connectivity index (χ0) is 11.7. The van der Waals surface area contributed by atoms with Crippen molar-refractivity contribution in [3.8, 4) is 0 Å². The second-order valence-electron chi connectivity index (χ2n) is 3.18. The van der Waals surface area contributed by atoms with E-state index in [-0.39, 0.29) is 0 Å². The van der Waals surface area contributed by atoms with Crippen LogP contribution >= 0.6 is 0 Å². The average Bonchev–Trinajstić information content (AvgIpc) is 2.22. The first-order valence-electron chi connectivity index (χ1n) is 5.11. The van der Waals surface area contributed by atoms with E-state index < -0.39 is 11.9 Å². The second kappa shape index (κ2) is 8.05. The van der Waals surface area contributed by atoms with Gasteiger partial charge in [0.15, 0.2) is 5.96 Å². The van der Waals surface area contributed by atoms with E-state index in [1.54, 1.807) is 7.05 Å². The molecule has 1 atom stereocenters. The number of nitrogens with one attached hydrogen (secondary N) is 2. The molecule has 0 saturated carbocycles. The molecule has 6 heteroatoms. The highest BCUT2D eigenvalue weighted by Gasteiger charge is 2.07. The highest BCUT2D eigenvalue weighted by molar-refractivity contribution is 5.80. The Kier molecular flexibility index (Phi) is 7.35. The summed E-state index contributed by atoms with van der Waals surface area (Å²) in [5.41, 5.74) is 10.5. The lowest BCUT2D eigenvalue weighted by Gasteiger charge is -2.11. The Morgan fingerprint density at radius 3 is 2.60 bits per heavy atom. The summed E-state index contributed by atoms with van der Waals surface area (Å²) in [7, 11) is 1.71. The third-order valence-corrected chi connectivity index (χ3v) is 1.92. The minimum Gasteiger partial charge on any atom is -0.368 e. The van der Waals surface area contributed by atoms with Gasteiger partial charge in [-0.05, 0) is 19.8 Å². The van der Waals surface area contributed by atoms with E-state index in [4.69, 9.17) is 11.5 Å². The summed E-state index contributed by atoms with van der Waals surface area (Å²) in [5, 5.41) is 6.16. The van der Waals surface area contributed by atoms with Crippen molar-refractivity contribution in [1.82, 2.24) is 10.6 Å². The lowest BCUT2D eigenvalue weighted by molar-refractivity contribution is -0.119. The van der Waals surface area contributed by atoms with E-state index >= 15 is 0 Å². The molecule has 88 valence electrons. The number of aliphatic imine (C=N–C) groups is 1. The Bertz CT molecular complexity index is 217. The molecule has 0 saturated heterocycles. The predicted octanol–water partition coefficient (Wildman–Crippen LogP) is -1.24. The van der Waals surface area contributed by atoms with Gasteiger partial charge < -0.3 is 22.1 Å². The summed E-state index contributed by atoms with van der Waals surface area (Å²) < 4.78 is 0. The fraction of sp³-hybridized carbons (Fsp3) is 0.778. The van der Waals surface area contributed by atoms with Crippen LogP contribution in [0, 0.1) is 0 Å². The molecule has 15 heavy (non-hydrogen) atoms. The fourth-order valence-corrected chi connectivity index (χ4v) is 1.06. The van der Waals surface area contributed by atoms with Gasteiger partial charge in [-0.2, -0.15) is 0 Å². The van der Waals surface area contributed by atoms with Gasteiger partial charge >= 0.3 is 0 Å². The molecule has 0 aliphatic heterocycles. The highest BCUT2D eigenvalue weighted by Crippen LogP contribution is 1.91. The van der Waals surface area contributed by atoms with E-state index in [1.807, 2.05) is 6.92 Å². The van der Waals surface area contributed by atoms with Crippen LogP contribution < -0.4 is 22.1 Å². The van der Waals surface area contributed by atoms with Gasteiger partial charge in [0.05, 0.1) is 6.04 Å². The monoisotopic (exact) mass is 215 g/mol. The van der Waals surface area contributed by atoms with Crippen LogP contribution in [-0.2, 0) is 4.79 Å². The first-order chi connectivity index (χ1) is 7.11. The molecule has 1 unspecified atom stereocenters. The summed E-state index contributed by atoms with van der Waals surface area (Å²) in [5.74, 6) is 0.302. The fourth-order valence-electron chi connectivity index (χ4n) is 1.06. The molecule has 0 rings (SSSR count). The number of carbonyl (C=O) groups excluding carboxylic acids is 1. The summed E-state index contributed by atoms with van der Waals surface area (Å²) in [6.45, 7) is 3.54. The Labute approximate surface area is 90.5 Å². The van der Waals surface area contributed by atoms with Gasteiger partial charge in [-0.1, -0.05) is 0 Å². The van der Waals surface area contributed by atoms with E-state index in [0.29, 0.717) is 6.42 Å². The lowest BCUT2D eigenvalue weighted by Crippen LogP contribution is -2.39. The smallest absolute Gasteiger partial charge is 0.234 e. The molecule has 0 bridgehead atoms. The van der Waals surface area contributed by atoms with Crippen LogP contribution in [0.4, 0.5) is 0 Å². The average molecular weight is 215 g/mol. The SMILES string of the molecule is CCN/C(=N\C)NCCCC(N)C(N)=O. The molecule has 0 aliphatic carbocycles. The molecule has 0 aromatic rings. The Morgan fingerprint density at radius 2 is 2.13 bits per heavy atom. The first-order valence-corrected chi connectivity index (χ1v) is 5.11. The normalized spacial score (nSPS) is 13.4. The van der Waals surface area contributed by atoms with Gasteiger partial charge in [0, 0.05) is 20.1 Å². The van der Waals surface area contributed by atoms with Gasteiger partial charge in [0.25, 0.3) is 0 Å². The van der Waals surface area contributed by atoms with Crippen molar-refractivity contribution < 1.29 is 4.79 Å². The quantitative estimate of drug-likeness (QED) is 0.253. The number of rotatable bonds is 6. The molecular weight excluding hydrogens is 194 g/mol. The minimum absolute atomic E-state index is 0.453. The molecule has 0 aromatic heterocycles. The number of guanidine groups is 1. The molecular formula is C9H21N5O. The molecule has 0 fully saturated rings. The van der Waals surface area contributed by atoms with Crippen molar-refractivity contribution in [3.63, 3.8) is 0 Å². The Balaban J connectivity index is 3.57. The molecule has 0 radical (unpaired) electrons. The second-order valence-corrected chi connectivity index (χ2v) is 3.18. The predicted molar refractivity (Wildman–Crippen MR) is 61.4 cm³/mol. The van der Waals surface area contributed by atoms with Crippen molar-refractivity contribution in [2.24, 2.45) is 16.5 Å². The summed E-state index contributed by atoms with van der Waals surface area (Å²) in [4.78, 5) is 14.6. The van der Waals surface area contributed by atoms with Crippen LogP contribution in [0.2, 0.25) is 0 Å². The van der Waals surface area contributed by atoms with E-state index in [0.717, 1.165) is 25.5 Å². The molecule has 0 aromatic carbocycles. The van der Waals surface area contributed by atoms with Crippen LogP contribution in [0.15, 0.2) is 4.99 Å². The maximum absolute atomic E-state index is 10.6. The zero-order valence-corrected chi connectivity index (χ0v) is 9.42. The first kappa shape index (κ1) is 13.7. The van der Waals surface area contributed by atoms with Gasteiger partial charge in [-0.15, -0.1) is 0 Å². The van der Waals surface area contributed by atoms with Crippen molar-refractivity contribution in [2.45, 2.75) is 25.8 Å². The number of nitrogens with zero attached hydrogens (tertiary/aromatic N) is 1. The number of hydrogen-bond acceptors (Lipinski definition) is 3. The number of primary amides is 1. The Morgan fingerprint density at radius 1 is 1.47 bits per heavy atom. The third-order valence-electron chi connectivity index (χ3n) is 1.92. The lowest BCUT2D eigenvalue weighted by atomic mass is 10.1. The molecule has 0 spiro atoms. The van der Waals surface area contributed by atoms with Gasteiger partial charge in [0.2, 0.25) is 5.91 Å². The number of amides is 1. The Hall–Kier alpha value is -1.30. The molecule has 6 nitrogen and oxygen atoms in total. The molecule has 1 amide bonds. The number of hydrogen-bond donors (Lipinski definition) is 4. The van der Waals surface area contributed by atoms with E-state index in [2.05, 4.69) is 15.6 Å². The summed E-state index contributed by atoms with van der Waals surface area (Å²) in [6.07, 6.45) is 1.37. The van der Waals surface area contributed by atoms with E-state index in [9.17, 15) is 4.79 Å². The van der Waals surface area contributed by atoms with E-state index in [1.165, 1.54) is 0 Å². The molecule has 0 heterocycles. The van der Waals surface area contributed by atoms with Gasteiger partial charge in [0.1, 0.15) is 0 Å². The van der Waals surface area contributed by atoms with Crippen molar-refractivity contribution in [1.29, 1.82) is 0 Å². The van der Waals surface area contributed by atoms with Crippen LogP contribution in [0.1, 0.15) is 19.8 Å². The standard InChI is InChI=1S/C9H21N5O/c1-3-13-9(12-2)14-6-4-5-7(10)8(11)15/h7H,3-6,10H2,1-2H3,(H2,11,15)(H2,12,13,14).